The van der Waals surface area contributed by atoms with Crippen LogP contribution in [0, 0.1) is 6.92 Å². The van der Waals surface area contributed by atoms with E-state index in [1.807, 2.05) is 0 Å². The Morgan fingerprint density at radius 1 is 1.31 bits per heavy atom. The van der Waals surface area contributed by atoms with E-state index in [0.29, 0.717) is 28.3 Å². The predicted octanol–water partition coefficient (Wildman–Crippen LogP) is 3.31. The predicted molar refractivity (Wildman–Crippen MR) is 53.4 cm³/mol. The van der Waals surface area contributed by atoms with Gasteiger partial charge >= 0.3 is 6.18 Å². The Morgan fingerprint density at radius 3 is 2.56 bits per heavy atom. The number of alkyl halides is 3. The molecule has 2 aromatic rings. The quantitative estimate of drug-likeness (QED) is 0.745. The van der Waals surface area contributed by atoms with Crippen LogP contribution in [0.2, 0.25) is 0 Å². The zero-order valence-electron chi connectivity index (χ0n) is 8.35. The largest absolute Gasteiger partial charge is 0.431 e. The number of aldehydes is 1. The molecule has 1 aromatic carbocycles. The van der Waals surface area contributed by atoms with Gasteiger partial charge in [-0.2, -0.15) is 13.2 Å². The highest BCUT2D eigenvalue weighted by Gasteiger charge is 2.32. The standard InChI is InChI=1S/C11H8F3NO/c1-6-7(5-16)2-3-9-8(6)4-10(15-9)11(12,13)14/h2-5,15H,1H3. The molecule has 0 aliphatic heterocycles. The van der Waals surface area contributed by atoms with Crippen LogP contribution >= 0.6 is 0 Å². The van der Waals surface area contributed by atoms with Gasteiger partial charge in [0.25, 0.3) is 0 Å². The van der Waals surface area contributed by atoms with Crippen molar-refractivity contribution in [2.75, 3.05) is 0 Å². The number of carbonyl (C=O) groups is 1. The highest BCUT2D eigenvalue weighted by Crippen LogP contribution is 2.32. The van der Waals surface area contributed by atoms with E-state index < -0.39 is 11.9 Å². The van der Waals surface area contributed by atoms with Gasteiger partial charge in [0.2, 0.25) is 0 Å². The molecule has 0 bridgehead atoms. The molecule has 0 fully saturated rings. The second kappa shape index (κ2) is 3.37. The van der Waals surface area contributed by atoms with Gasteiger partial charge in [0.15, 0.2) is 0 Å². The fraction of sp³-hybridized carbons (Fsp3) is 0.182. The minimum Gasteiger partial charge on any atom is -0.351 e. The summed E-state index contributed by atoms with van der Waals surface area (Å²) in [5.74, 6) is 0. The molecule has 1 N–H and O–H groups in total. The molecule has 0 unspecified atom stereocenters. The van der Waals surface area contributed by atoms with Gasteiger partial charge in [-0.25, -0.2) is 0 Å². The molecule has 1 heterocycles. The van der Waals surface area contributed by atoms with Gasteiger partial charge < -0.3 is 4.98 Å². The SMILES string of the molecule is Cc1c(C=O)ccc2[nH]c(C(F)(F)F)cc12. The summed E-state index contributed by atoms with van der Waals surface area (Å²) in [7, 11) is 0. The van der Waals surface area contributed by atoms with E-state index in [4.69, 9.17) is 0 Å². The third-order valence-electron chi connectivity index (χ3n) is 2.55. The number of aromatic nitrogens is 1. The van der Waals surface area contributed by atoms with Crippen molar-refractivity contribution in [3.63, 3.8) is 0 Å². The molecule has 2 rings (SSSR count). The van der Waals surface area contributed by atoms with Crippen LogP contribution in [0.1, 0.15) is 21.6 Å². The first-order valence-corrected chi connectivity index (χ1v) is 4.58. The molecule has 2 nitrogen and oxygen atoms in total. The Labute approximate surface area is 89.1 Å². The number of benzene rings is 1. The van der Waals surface area contributed by atoms with Crippen LogP contribution in [0.15, 0.2) is 18.2 Å². The summed E-state index contributed by atoms with van der Waals surface area (Å²) in [5.41, 5.74) is 0.545. The summed E-state index contributed by atoms with van der Waals surface area (Å²) >= 11 is 0. The topological polar surface area (TPSA) is 32.9 Å². The summed E-state index contributed by atoms with van der Waals surface area (Å²) < 4.78 is 37.3. The van der Waals surface area contributed by atoms with Crippen molar-refractivity contribution in [1.82, 2.24) is 4.98 Å². The molecular weight excluding hydrogens is 219 g/mol. The number of nitrogens with one attached hydrogen (secondary N) is 1. The first-order valence-electron chi connectivity index (χ1n) is 4.58. The van der Waals surface area contributed by atoms with Crippen molar-refractivity contribution in [3.05, 3.63) is 35.0 Å². The zero-order valence-corrected chi connectivity index (χ0v) is 8.35. The lowest BCUT2D eigenvalue weighted by molar-refractivity contribution is -0.140. The smallest absolute Gasteiger partial charge is 0.351 e. The fourth-order valence-corrected chi connectivity index (χ4v) is 1.65. The van der Waals surface area contributed by atoms with Crippen molar-refractivity contribution < 1.29 is 18.0 Å². The van der Waals surface area contributed by atoms with Crippen molar-refractivity contribution in [1.29, 1.82) is 0 Å². The maximum absolute atomic E-state index is 12.4. The minimum atomic E-state index is -4.40. The molecule has 84 valence electrons. The first kappa shape index (κ1) is 10.7. The molecule has 0 spiro atoms. The molecule has 1 aromatic heterocycles. The van der Waals surface area contributed by atoms with Gasteiger partial charge in [-0.1, -0.05) is 0 Å². The molecule has 0 aliphatic carbocycles. The molecule has 0 radical (unpaired) electrons. The van der Waals surface area contributed by atoms with Gasteiger partial charge in [-0.15, -0.1) is 0 Å². The Morgan fingerprint density at radius 2 is 2.00 bits per heavy atom. The minimum absolute atomic E-state index is 0.385. The van der Waals surface area contributed by atoms with Crippen LogP contribution in [0.5, 0.6) is 0 Å². The Bertz CT molecular complexity index is 554. The van der Waals surface area contributed by atoms with E-state index in [0.717, 1.165) is 6.07 Å². The van der Waals surface area contributed by atoms with E-state index in [2.05, 4.69) is 4.98 Å². The van der Waals surface area contributed by atoms with Crippen LogP contribution in [0.4, 0.5) is 13.2 Å². The molecule has 16 heavy (non-hydrogen) atoms. The van der Waals surface area contributed by atoms with Crippen LogP contribution in [0.3, 0.4) is 0 Å². The Balaban J connectivity index is 2.71. The number of rotatable bonds is 1. The lowest BCUT2D eigenvalue weighted by Gasteiger charge is -2.00. The van der Waals surface area contributed by atoms with E-state index >= 15 is 0 Å². The number of fused-ring (bicyclic) bond motifs is 1. The average molecular weight is 227 g/mol. The van der Waals surface area contributed by atoms with E-state index in [-0.39, 0.29) is 0 Å². The molecular formula is C11H8F3NO. The maximum atomic E-state index is 12.4. The third-order valence-corrected chi connectivity index (χ3v) is 2.55. The molecule has 5 heteroatoms. The van der Waals surface area contributed by atoms with Crippen LogP contribution in [-0.4, -0.2) is 11.3 Å². The number of hydrogen-bond donors (Lipinski definition) is 1. The maximum Gasteiger partial charge on any atom is 0.431 e. The molecule has 0 atom stereocenters. The molecule has 0 saturated heterocycles. The highest BCUT2D eigenvalue weighted by atomic mass is 19.4. The normalized spacial score (nSPS) is 12.0. The van der Waals surface area contributed by atoms with Gasteiger partial charge in [-0.05, 0) is 30.7 Å². The van der Waals surface area contributed by atoms with Gasteiger partial charge in [0, 0.05) is 16.5 Å². The fourth-order valence-electron chi connectivity index (χ4n) is 1.65. The number of hydrogen-bond acceptors (Lipinski definition) is 1. The second-order valence-electron chi connectivity index (χ2n) is 3.54. The van der Waals surface area contributed by atoms with Gasteiger partial charge in [0.05, 0.1) is 0 Å². The number of carbonyl (C=O) groups excluding carboxylic acids is 1. The summed E-state index contributed by atoms with van der Waals surface area (Å²) in [6, 6.07) is 4.00. The number of aryl methyl sites for hydroxylation is 1. The summed E-state index contributed by atoms with van der Waals surface area (Å²) in [6.07, 6.45) is -3.76. The number of halogens is 3. The number of aromatic amines is 1. The first-order chi connectivity index (χ1) is 7.43. The van der Waals surface area contributed by atoms with Crippen molar-refractivity contribution >= 4 is 17.2 Å². The second-order valence-corrected chi connectivity index (χ2v) is 3.54. The van der Waals surface area contributed by atoms with E-state index in [1.54, 1.807) is 6.92 Å². The van der Waals surface area contributed by atoms with Crippen molar-refractivity contribution in [2.45, 2.75) is 13.1 Å². The molecule has 0 amide bonds. The lowest BCUT2D eigenvalue weighted by atomic mass is 10.1. The molecule has 0 aliphatic rings. The number of H-pyrrole nitrogens is 1. The summed E-state index contributed by atoms with van der Waals surface area (Å²) in [6.45, 7) is 1.63. The molecule has 0 saturated carbocycles. The van der Waals surface area contributed by atoms with Gasteiger partial charge in [-0.3, -0.25) is 4.79 Å². The van der Waals surface area contributed by atoms with Crippen LogP contribution < -0.4 is 0 Å². The van der Waals surface area contributed by atoms with Gasteiger partial charge in [0.1, 0.15) is 12.0 Å². The highest BCUT2D eigenvalue weighted by molar-refractivity contribution is 5.91. The van der Waals surface area contributed by atoms with Crippen LogP contribution in [-0.2, 0) is 6.18 Å². The summed E-state index contributed by atoms with van der Waals surface area (Å²) in [4.78, 5) is 12.9. The Hall–Kier alpha value is -1.78. The monoisotopic (exact) mass is 227 g/mol. The van der Waals surface area contributed by atoms with Crippen molar-refractivity contribution in [2.24, 2.45) is 0 Å². The average Bonchev–Trinajstić information content (AvgIpc) is 2.62. The van der Waals surface area contributed by atoms with Crippen molar-refractivity contribution in [3.8, 4) is 0 Å². The summed E-state index contributed by atoms with van der Waals surface area (Å²) in [5, 5.41) is 0.428. The van der Waals surface area contributed by atoms with E-state index in [9.17, 15) is 18.0 Å². The Kier molecular flexibility index (Phi) is 2.26. The van der Waals surface area contributed by atoms with E-state index in [1.165, 1.54) is 12.1 Å². The zero-order chi connectivity index (χ0) is 11.9. The lowest BCUT2D eigenvalue weighted by Crippen LogP contribution is -2.04. The third kappa shape index (κ3) is 1.58. The van der Waals surface area contributed by atoms with Crippen LogP contribution in [0.25, 0.3) is 10.9 Å².